The number of rotatable bonds is 3. The average molecular weight is 240 g/mol. The molecule has 1 unspecified atom stereocenters. The molecule has 1 saturated carbocycles. The minimum atomic E-state index is -0.170. The maximum Gasteiger partial charge on any atom is 0.0900 e. The molecule has 1 aromatic rings. The Morgan fingerprint density at radius 1 is 1.44 bits per heavy atom. The number of nitrogens with zero attached hydrogens (tertiary/aromatic N) is 1. The van der Waals surface area contributed by atoms with Crippen LogP contribution in [0.2, 0.25) is 0 Å². The fourth-order valence-electron chi connectivity index (χ4n) is 2.48. The van der Waals surface area contributed by atoms with Gasteiger partial charge in [0, 0.05) is 17.0 Å². The molecule has 3 nitrogen and oxygen atoms in total. The SMILES string of the molecule is Cc1nc(C)c(C(C)N[C@H]2CCC[C@@H]2O)s1. The highest BCUT2D eigenvalue weighted by Gasteiger charge is 2.27. The highest BCUT2D eigenvalue weighted by molar-refractivity contribution is 7.11. The summed E-state index contributed by atoms with van der Waals surface area (Å²) in [6.45, 7) is 6.26. The highest BCUT2D eigenvalue weighted by Crippen LogP contribution is 2.27. The Hall–Kier alpha value is -0.450. The summed E-state index contributed by atoms with van der Waals surface area (Å²) in [5.74, 6) is 0. The van der Waals surface area contributed by atoms with Gasteiger partial charge in [-0.15, -0.1) is 11.3 Å². The lowest BCUT2D eigenvalue weighted by molar-refractivity contribution is 0.144. The Balaban J connectivity index is 2.02. The van der Waals surface area contributed by atoms with Crippen molar-refractivity contribution in [1.29, 1.82) is 0 Å². The summed E-state index contributed by atoms with van der Waals surface area (Å²) in [5, 5.41) is 14.4. The topological polar surface area (TPSA) is 45.2 Å². The minimum absolute atomic E-state index is 0.170. The first-order chi connectivity index (χ1) is 7.58. The van der Waals surface area contributed by atoms with Crippen LogP contribution in [0.25, 0.3) is 0 Å². The fraction of sp³-hybridized carbons (Fsp3) is 0.750. The molecule has 90 valence electrons. The van der Waals surface area contributed by atoms with Crippen molar-refractivity contribution in [2.45, 2.75) is 58.2 Å². The van der Waals surface area contributed by atoms with E-state index in [-0.39, 0.29) is 12.1 Å². The third-order valence-electron chi connectivity index (χ3n) is 3.28. The lowest BCUT2D eigenvalue weighted by Gasteiger charge is -2.21. The van der Waals surface area contributed by atoms with E-state index in [9.17, 15) is 5.11 Å². The summed E-state index contributed by atoms with van der Waals surface area (Å²) in [7, 11) is 0. The smallest absolute Gasteiger partial charge is 0.0900 e. The van der Waals surface area contributed by atoms with Crippen molar-refractivity contribution in [3.05, 3.63) is 15.6 Å². The van der Waals surface area contributed by atoms with E-state index in [2.05, 4.69) is 24.1 Å². The van der Waals surface area contributed by atoms with Gasteiger partial charge in [-0.3, -0.25) is 0 Å². The van der Waals surface area contributed by atoms with Gasteiger partial charge >= 0.3 is 0 Å². The summed E-state index contributed by atoms with van der Waals surface area (Å²) in [4.78, 5) is 5.74. The van der Waals surface area contributed by atoms with E-state index in [4.69, 9.17) is 0 Å². The van der Waals surface area contributed by atoms with Gasteiger partial charge < -0.3 is 10.4 Å². The van der Waals surface area contributed by atoms with Gasteiger partial charge in [-0.05, 0) is 40.0 Å². The van der Waals surface area contributed by atoms with E-state index >= 15 is 0 Å². The molecule has 1 heterocycles. The zero-order chi connectivity index (χ0) is 11.7. The Kier molecular flexibility index (Phi) is 3.62. The van der Waals surface area contributed by atoms with Crippen LogP contribution in [-0.2, 0) is 0 Å². The van der Waals surface area contributed by atoms with Crippen LogP contribution < -0.4 is 5.32 Å². The van der Waals surface area contributed by atoms with Gasteiger partial charge in [0.15, 0.2) is 0 Å². The first-order valence-electron chi connectivity index (χ1n) is 5.96. The van der Waals surface area contributed by atoms with E-state index in [1.165, 1.54) is 4.88 Å². The zero-order valence-electron chi connectivity index (χ0n) is 10.2. The van der Waals surface area contributed by atoms with Crippen molar-refractivity contribution in [2.75, 3.05) is 0 Å². The molecule has 1 fully saturated rings. The largest absolute Gasteiger partial charge is 0.392 e. The zero-order valence-corrected chi connectivity index (χ0v) is 11.0. The summed E-state index contributed by atoms with van der Waals surface area (Å²) in [6.07, 6.45) is 2.98. The molecule has 0 aliphatic heterocycles. The maximum atomic E-state index is 9.78. The molecule has 1 aliphatic carbocycles. The number of thiazole rings is 1. The lowest BCUT2D eigenvalue weighted by atomic mass is 10.1. The Morgan fingerprint density at radius 3 is 2.69 bits per heavy atom. The standard InChI is InChI=1S/C12H20N2OS/c1-7-12(16-9(3)13-7)8(2)14-10-5-4-6-11(10)15/h8,10-11,14-15H,4-6H2,1-3H3/t8?,10-,11-/m0/s1. The maximum absolute atomic E-state index is 9.78. The van der Waals surface area contributed by atoms with Crippen molar-refractivity contribution in [3.8, 4) is 0 Å². The average Bonchev–Trinajstić information content (AvgIpc) is 2.74. The number of hydrogen-bond donors (Lipinski definition) is 2. The molecular formula is C12H20N2OS. The van der Waals surface area contributed by atoms with Gasteiger partial charge in [0.05, 0.1) is 16.8 Å². The third kappa shape index (κ3) is 2.44. The van der Waals surface area contributed by atoms with Crippen molar-refractivity contribution >= 4 is 11.3 Å². The summed E-state index contributed by atoms with van der Waals surface area (Å²) in [6, 6.07) is 0.556. The summed E-state index contributed by atoms with van der Waals surface area (Å²) < 4.78 is 0. The third-order valence-corrected chi connectivity index (χ3v) is 4.53. The second-order valence-corrected chi connectivity index (χ2v) is 5.91. The van der Waals surface area contributed by atoms with Crippen LogP contribution in [0, 0.1) is 13.8 Å². The van der Waals surface area contributed by atoms with Crippen LogP contribution in [0.5, 0.6) is 0 Å². The molecule has 0 amide bonds. The molecule has 0 bridgehead atoms. The van der Waals surface area contributed by atoms with Crippen molar-refractivity contribution in [1.82, 2.24) is 10.3 Å². The van der Waals surface area contributed by atoms with E-state index < -0.39 is 0 Å². The second kappa shape index (κ2) is 4.82. The number of nitrogens with one attached hydrogen (secondary N) is 1. The number of aryl methyl sites for hydroxylation is 2. The van der Waals surface area contributed by atoms with E-state index in [0.717, 1.165) is 30.0 Å². The predicted molar refractivity (Wildman–Crippen MR) is 66.8 cm³/mol. The Bertz CT molecular complexity index is 364. The molecular weight excluding hydrogens is 220 g/mol. The van der Waals surface area contributed by atoms with E-state index in [0.29, 0.717) is 6.04 Å². The van der Waals surface area contributed by atoms with Crippen LogP contribution in [0.4, 0.5) is 0 Å². The molecule has 1 aromatic heterocycles. The number of hydrogen-bond acceptors (Lipinski definition) is 4. The first-order valence-corrected chi connectivity index (χ1v) is 6.77. The van der Waals surface area contributed by atoms with Gasteiger partial charge in [0.25, 0.3) is 0 Å². The Labute approximate surface area is 101 Å². The quantitative estimate of drug-likeness (QED) is 0.852. The van der Waals surface area contributed by atoms with Gasteiger partial charge in [-0.2, -0.15) is 0 Å². The molecule has 0 saturated heterocycles. The van der Waals surface area contributed by atoms with Crippen molar-refractivity contribution < 1.29 is 5.11 Å². The van der Waals surface area contributed by atoms with Crippen LogP contribution in [0.1, 0.15) is 47.8 Å². The molecule has 0 aromatic carbocycles. The molecule has 4 heteroatoms. The van der Waals surface area contributed by atoms with Crippen molar-refractivity contribution in [2.24, 2.45) is 0 Å². The molecule has 1 aliphatic rings. The fourth-order valence-corrected chi connectivity index (χ4v) is 3.42. The predicted octanol–water partition coefficient (Wildman–Crippen LogP) is 2.32. The first kappa shape index (κ1) is 12.0. The van der Waals surface area contributed by atoms with Gasteiger partial charge in [-0.25, -0.2) is 4.98 Å². The minimum Gasteiger partial charge on any atom is -0.392 e. The number of aliphatic hydroxyl groups excluding tert-OH is 1. The second-order valence-electron chi connectivity index (χ2n) is 4.68. The molecule has 0 spiro atoms. The normalized spacial score (nSPS) is 27.2. The van der Waals surface area contributed by atoms with E-state index in [1.54, 1.807) is 11.3 Å². The van der Waals surface area contributed by atoms with Gasteiger partial charge in [0.1, 0.15) is 0 Å². The number of aromatic nitrogens is 1. The van der Waals surface area contributed by atoms with E-state index in [1.807, 2.05) is 6.92 Å². The molecule has 16 heavy (non-hydrogen) atoms. The van der Waals surface area contributed by atoms with Crippen molar-refractivity contribution in [3.63, 3.8) is 0 Å². The monoisotopic (exact) mass is 240 g/mol. The van der Waals surface area contributed by atoms with Crippen LogP contribution >= 0.6 is 11.3 Å². The lowest BCUT2D eigenvalue weighted by Crippen LogP contribution is -2.37. The molecule has 2 rings (SSSR count). The summed E-state index contributed by atoms with van der Waals surface area (Å²) >= 11 is 1.75. The summed E-state index contributed by atoms with van der Waals surface area (Å²) in [5.41, 5.74) is 1.12. The molecule has 3 atom stereocenters. The number of aliphatic hydroxyl groups is 1. The Morgan fingerprint density at radius 2 is 2.19 bits per heavy atom. The van der Waals surface area contributed by atoms with Crippen LogP contribution in [-0.4, -0.2) is 22.2 Å². The highest BCUT2D eigenvalue weighted by atomic mass is 32.1. The van der Waals surface area contributed by atoms with Crippen LogP contribution in [0.3, 0.4) is 0 Å². The van der Waals surface area contributed by atoms with Gasteiger partial charge in [0.2, 0.25) is 0 Å². The molecule has 2 N–H and O–H groups in total. The molecule has 0 radical (unpaired) electrons. The van der Waals surface area contributed by atoms with Gasteiger partial charge in [-0.1, -0.05) is 0 Å². The van der Waals surface area contributed by atoms with Crippen LogP contribution in [0.15, 0.2) is 0 Å².